The third-order valence-electron chi connectivity index (χ3n) is 6.35. The summed E-state index contributed by atoms with van der Waals surface area (Å²) in [6.45, 7) is 0.339. The van der Waals surface area contributed by atoms with Gasteiger partial charge in [-0.3, -0.25) is 9.10 Å². The van der Waals surface area contributed by atoms with Gasteiger partial charge in [0.25, 0.3) is 10.0 Å². The summed E-state index contributed by atoms with van der Waals surface area (Å²) in [5.74, 6) is 0.112. The SMILES string of the molecule is COc1cc(/C=C/C(=O)NC2CCC(O)CC2)cc(S(=O)(=O)N2CCc3ccccc32)c1OC. The van der Waals surface area contributed by atoms with Gasteiger partial charge in [-0.1, -0.05) is 18.2 Å². The summed E-state index contributed by atoms with van der Waals surface area (Å²) in [6, 6.07) is 10.6. The van der Waals surface area contributed by atoms with Crippen LogP contribution >= 0.6 is 0 Å². The number of para-hydroxylation sites is 1. The fourth-order valence-corrected chi connectivity index (χ4v) is 6.26. The molecule has 2 N–H and O–H groups in total. The minimum Gasteiger partial charge on any atom is -0.493 e. The average molecular weight is 487 g/mol. The van der Waals surface area contributed by atoms with Gasteiger partial charge in [0, 0.05) is 18.7 Å². The Hall–Kier alpha value is -3.04. The third-order valence-corrected chi connectivity index (χ3v) is 8.17. The lowest BCUT2D eigenvalue weighted by molar-refractivity contribution is -0.117. The van der Waals surface area contributed by atoms with Crippen molar-refractivity contribution in [2.75, 3.05) is 25.1 Å². The molecule has 34 heavy (non-hydrogen) atoms. The molecule has 1 aliphatic heterocycles. The first-order chi connectivity index (χ1) is 16.3. The zero-order valence-electron chi connectivity index (χ0n) is 19.4. The highest BCUT2D eigenvalue weighted by Gasteiger charge is 2.34. The number of nitrogens with zero attached hydrogens (tertiary/aromatic N) is 1. The Morgan fingerprint density at radius 1 is 1.12 bits per heavy atom. The summed E-state index contributed by atoms with van der Waals surface area (Å²) in [6.07, 6.45) is 6.09. The van der Waals surface area contributed by atoms with Crippen LogP contribution in [0.3, 0.4) is 0 Å². The first kappa shape index (κ1) is 24.1. The maximum absolute atomic E-state index is 13.7. The Balaban J connectivity index is 1.62. The normalized spacial score (nSPS) is 20.3. The van der Waals surface area contributed by atoms with Crippen molar-refractivity contribution in [3.8, 4) is 11.5 Å². The van der Waals surface area contributed by atoms with Crippen LogP contribution in [0.2, 0.25) is 0 Å². The molecular weight excluding hydrogens is 456 g/mol. The summed E-state index contributed by atoms with van der Waals surface area (Å²) in [4.78, 5) is 12.4. The van der Waals surface area contributed by atoms with Gasteiger partial charge < -0.3 is 19.9 Å². The molecule has 0 aromatic heterocycles. The van der Waals surface area contributed by atoms with E-state index in [2.05, 4.69) is 5.32 Å². The molecule has 1 amide bonds. The lowest BCUT2D eigenvalue weighted by Crippen LogP contribution is -2.37. The van der Waals surface area contributed by atoms with E-state index >= 15 is 0 Å². The number of sulfonamides is 1. The van der Waals surface area contributed by atoms with Gasteiger partial charge in [0.1, 0.15) is 4.90 Å². The van der Waals surface area contributed by atoms with Crippen LogP contribution in [-0.4, -0.2) is 52.3 Å². The fraction of sp³-hybridized carbons (Fsp3) is 0.400. The molecule has 1 fully saturated rings. The first-order valence-electron chi connectivity index (χ1n) is 11.4. The van der Waals surface area contributed by atoms with Crippen LogP contribution in [-0.2, 0) is 21.2 Å². The zero-order chi connectivity index (χ0) is 24.3. The van der Waals surface area contributed by atoms with Gasteiger partial charge in [-0.05, 0) is 67.5 Å². The van der Waals surface area contributed by atoms with E-state index in [1.54, 1.807) is 18.2 Å². The Bertz CT molecular complexity index is 1190. The predicted octanol–water partition coefficient (Wildman–Crippen LogP) is 2.89. The van der Waals surface area contributed by atoms with Crippen molar-refractivity contribution in [2.24, 2.45) is 0 Å². The van der Waals surface area contributed by atoms with E-state index < -0.39 is 10.0 Å². The van der Waals surface area contributed by atoms with Gasteiger partial charge in [0.15, 0.2) is 11.5 Å². The van der Waals surface area contributed by atoms with E-state index in [9.17, 15) is 18.3 Å². The zero-order valence-corrected chi connectivity index (χ0v) is 20.2. The van der Waals surface area contributed by atoms with Crippen LogP contribution in [0.15, 0.2) is 47.4 Å². The van der Waals surface area contributed by atoms with Gasteiger partial charge in [-0.25, -0.2) is 8.42 Å². The number of aliphatic hydroxyl groups excluding tert-OH is 1. The van der Waals surface area contributed by atoms with Crippen molar-refractivity contribution in [1.82, 2.24) is 5.32 Å². The molecule has 1 aliphatic carbocycles. The Morgan fingerprint density at radius 2 is 1.85 bits per heavy atom. The molecule has 1 heterocycles. The number of amides is 1. The van der Waals surface area contributed by atoms with E-state index in [0.29, 0.717) is 37.1 Å². The fourth-order valence-electron chi connectivity index (χ4n) is 4.56. The summed E-state index contributed by atoms with van der Waals surface area (Å²) in [5.41, 5.74) is 2.12. The van der Waals surface area contributed by atoms with Crippen molar-refractivity contribution in [1.29, 1.82) is 0 Å². The molecule has 8 nitrogen and oxygen atoms in total. The van der Waals surface area contributed by atoms with E-state index in [1.165, 1.54) is 30.7 Å². The monoisotopic (exact) mass is 486 g/mol. The van der Waals surface area contributed by atoms with Crippen LogP contribution in [0.4, 0.5) is 5.69 Å². The number of nitrogens with one attached hydrogen (secondary N) is 1. The number of aliphatic hydroxyl groups is 1. The quantitative estimate of drug-likeness (QED) is 0.583. The second kappa shape index (κ2) is 10.1. The van der Waals surface area contributed by atoms with Gasteiger partial charge in [0.05, 0.1) is 26.0 Å². The van der Waals surface area contributed by atoms with Crippen molar-refractivity contribution >= 4 is 27.7 Å². The van der Waals surface area contributed by atoms with Crippen molar-refractivity contribution in [2.45, 2.75) is 49.1 Å². The number of ether oxygens (including phenoxy) is 2. The maximum Gasteiger partial charge on any atom is 0.268 e. The highest BCUT2D eigenvalue weighted by Crippen LogP contribution is 2.40. The van der Waals surface area contributed by atoms with Gasteiger partial charge in [-0.2, -0.15) is 0 Å². The van der Waals surface area contributed by atoms with Crippen LogP contribution in [0.1, 0.15) is 36.8 Å². The molecule has 2 aromatic rings. The Labute approximate surface area is 200 Å². The molecule has 2 aliphatic rings. The molecule has 0 radical (unpaired) electrons. The van der Waals surface area contributed by atoms with E-state index in [0.717, 1.165) is 18.4 Å². The Kier molecular flexibility index (Phi) is 7.13. The molecule has 0 saturated heterocycles. The topological polar surface area (TPSA) is 105 Å². The summed E-state index contributed by atoms with van der Waals surface area (Å²) in [7, 11) is -1.10. The summed E-state index contributed by atoms with van der Waals surface area (Å²) < 4.78 is 39.6. The lowest BCUT2D eigenvalue weighted by atomic mass is 9.93. The molecule has 0 unspecified atom stereocenters. The second-order valence-corrected chi connectivity index (χ2v) is 10.4. The standard InChI is InChI=1S/C25H30N2O6S/c1-32-22-15-17(7-12-24(29)26-19-8-10-20(28)11-9-19)16-23(25(22)33-2)34(30,31)27-14-13-18-5-3-4-6-21(18)27/h3-7,12,15-16,19-20,28H,8-11,13-14H2,1-2H3,(H,26,29)/b12-7+. The molecule has 0 bridgehead atoms. The number of carbonyl (C=O) groups is 1. The number of methoxy groups -OCH3 is 2. The molecular formula is C25H30N2O6S. The molecule has 0 atom stereocenters. The van der Waals surface area contributed by atoms with Crippen LogP contribution in [0, 0.1) is 0 Å². The van der Waals surface area contributed by atoms with E-state index in [1.807, 2.05) is 18.2 Å². The molecule has 0 spiro atoms. The van der Waals surface area contributed by atoms with E-state index in [-0.39, 0.29) is 34.4 Å². The lowest BCUT2D eigenvalue weighted by Gasteiger charge is -2.25. The van der Waals surface area contributed by atoms with Crippen LogP contribution in [0.25, 0.3) is 6.08 Å². The van der Waals surface area contributed by atoms with Crippen LogP contribution < -0.4 is 19.1 Å². The van der Waals surface area contributed by atoms with Gasteiger partial charge in [-0.15, -0.1) is 0 Å². The van der Waals surface area contributed by atoms with Crippen molar-refractivity contribution < 1.29 is 27.8 Å². The summed E-state index contributed by atoms with van der Waals surface area (Å²) >= 11 is 0. The minimum atomic E-state index is -3.95. The number of hydrogen-bond acceptors (Lipinski definition) is 6. The highest BCUT2D eigenvalue weighted by molar-refractivity contribution is 7.93. The molecule has 4 rings (SSSR count). The van der Waals surface area contributed by atoms with E-state index in [4.69, 9.17) is 9.47 Å². The average Bonchev–Trinajstić information content (AvgIpc) is 3.28. The predicted molar refractivity (Wildman–Crippen MR) is 130 cm³/mol. The molecule has 2 aromatic carbocycles. The minimum absolute atomic E-state index is 0.0209. The van der Waals surface area contributed by atoms with Gasteiger partial charge >= 0.3 is 0 Å². The highest BCUT2D eigenvalue weighted by atomic mass is 32.2. The second-order valence-electron chi connectivity index (χ2n) is 8.56. The smallest absolute Gasteiger partial charge is 0.268 e. The molecule has 1 saturated carbocycles. The molecule has 182 valence electrons. The number of rotatable bonds is 7. The number of hydrogen-bond donors (Lipinski definition) is 2. The number of fused-ring (bicyclic) bond motifs is 1. The molecule has 9 heteroatoms. The largest absolute Gasteiger partial charge is 0.493 e. The van der Waals surface area contributed by atoms with Gasteiger partial charge in [0.2, 0.25) is 5.91 Å². The van der Waals surface area contributed by atoms with Crippen molar-refractivity contribution in [3.05, 3.63) is 53.6 Å². The number of carbonyl (C=O) groups excluding carboxylic acids is 1. The number of anilines is 1. The third kappa shape index (κ3) is 4.90. The van der Waals surface area contributed by atoms with Crippen LogP contribution in [0.5, 0.6) is 11.5 Å². The first-order valence-corrected chi connectivity index (χ1v) is 12.8. The Morgan fingerprint density at radius 3 is 2.56 bits per heavy atom. The number of benzene rings is 2. The van der Waals surface area contributed by atoms with Crippen molar-refractivity contribution in [3.63, 3.8) is 0 Å². The summed E-state index contributed by atoms with van der Waals surface area (Å²) in [5, 5.41) is 12.6. The maximum atomic E-state index is 13.7.